The predicted octanol–water partition coefficient (Wildman–Crippen LogP) is 2.71. The molecule has 0 aliphatic carbocycles. The summed E-state index contributed by atoms with van der Waals surface area (Å²) in [6.45, 7) is 7.71. The first kappa shape index (κ1) is 17.8. The second-order valence-electron chi connectivity index (χ2n) is 7.60. The molecule has 7 nitrogen and oxygen atoms in total. The first-order valence-corrected chi connectivity index (χ1v) is 9.78. The molecule has 4 aromatic rings. The number of hydrogen-bond donors (Lipinski definition) is 1. The van der Waals surface area contributed by atoms with Crippen LogP contribution in [0.3, 0.4) is 0 Å². The number of fused-ring (bicyclic) bond motifs is 2. The van der Waals surface area contributed by atoms with Crippen molar-refractivity contribution in [2.45, 2.75) is 27.2 Å². The molecule has 0 saturated carbocycles. The Kier molecular flexibility index (Phi) is 4.06. The molecule has 5 rings (SSSR count). The zero-order chi connectivity index (χ0) is 20.1. The maximum Gasteiger partial charge on any atom is 0.258 e. The summed E-state index contributed by atoms with van der Waals surface area (Å²) in [6, 6.07) is 5.61. The van der Waals surface area contributed by atoms with Crippen molar-refractivity contribution in [3.8, 4) is 11.4 Å². The fourth-order valence-electron chi connectivity index (χ4n) is 3.98. The zero-order valence-corrected chi connectivity index (χ0v) is 16.7. The van der Waals surface area contributed by atoms with Gasteiger partial charge >= 0.3 is 0 Å². The fourth-order valence-corrected chi connectivity index (χ4v) is 3.98. The first-order chi connectivity index (χ1) is 14.0. The second-order valence-corrected chi connectivity index (χ2v) is 7.60. The summed E-state index contributed by atoms with van der Waals surface area (Å²) >= 11 is 0. The second kappa shape index (κ2) is 6.63. The van der Waals surface area contributed by atoms with Crippen LogP contribution in [0.2, 0.25) is 0 Å². The lowest BCUT2D eigenvalue weighted by Crippen LogP contribution is -2.21. The third-order valence-electron chi connectivity index (χ3n) is 5.40. The minimum Gasteiger partial charge on any atom is -0.313 e. The Morgan fingerprint density at radius 2 is 1.90 bits per heavy atom. The van der Waals surface area contributed by atoms with Gasteiger partial charge in [0, 0.05) is 18.8 Å². The summed E-state index contributed by atoms with van der Waals surface area (Å²) in [5.41, 5.74) is 7.83. The van der Waals surface area contributed by atoms with Crippen molar-refractivity contribution in [3.63, 3.8) is 0 Å². The van der Waals surface area contributed by atoms with Crippen molar-refractivity contribution in [2.75, 3.05) is 13.1 Å². The minimum atomic E-state index is -0.104. The van der Waals surface area contributed by atoms with Crippen molar-refractivity contribution in [2.24, 2.45) is 0 Å². The number of nitrogens with one attached hydrogen (secondary N) is 1. The van der Waals surface area contributed by atoms with E-state index in [0.717, 1.165) is 47.5 Å². The molecule has 146 valence electrons. The van der Waals surface area contributed by atoms with Crippen LogP contribution < -0.4 is 10.9 Å². The van der Waals surface area contributed by atoms with Crippen LogP contribution in [0.25, 0.3) is 28.1 Å². The SMILES string of the molecule is Cc1cn2nc(-c3cc(=O)n4cc(C5=CCNCC5)cc(C)c4n3)cc2c(C)n1. The molecule has 1 aliphatic heterocycles. The highest BCUT2D eigenvalue weighted by Crippen LogP contribution is 2.24. The van der Waals surface area contributed by atoms with Crippen molar-refractivity contribution in [1.29, 1.82) is 0 Å². The number of aryl methyl sites for hydroxylation is 3. The molecule has 0 fully saturated rings. The number of rotatable bonds is 2. The smallest absolute Gasteiger partial charge is 0.258 e. The molecule has 0 aromatic carbocycles. The number of nitrogens with zero attached hydrogens (tertiary/aromatic N) is 5. The Bertz CT molecular complexity index is 1360. The van der Waals surface area contributed by atoms with E-state index in [9.17, 15) is 4.79 Å². The van der Waals surface area contributed by atoms with Crippen LogP contribution in [0, 0.1) is 20.8 Å². The van der Waals surface area contributed by atoms with Crippen molar-refractivity contribution in [1.82, 2.24) is 29.3 Å². The van der Waals surface area contributed by atoms with Gasteiger partial charge in [-0.25, -0.2) is 9.50 Å². The average molecular weight is 386 g/mol. The third kappa shape index (κ3) is 3.03. The average Bonchev–Trinajstić information content (AvgIpc) is 3.13. The highest BCUT2D eigenvalue weighted by molar-refractivity contribution is 5.70. The van der Waals surface area contributed by atoms with Crippen LogP contribution in [0.1, 0.15) is 28.9 Å². The first-order valence-electron chi connectivity index (χ1n) is 9.78. The van der Waals surface area contributed by atoms with Gasteiger partial charge in [-0.1, -0.05) is 6.08 Å². The molecule has 0 amide bonds. The van der Waals surface area contributed by atoms with Crippen LogP contribution in [0.15, 0.2) is 41.5 Å². The largest absolute Gasteiger partial charge is 0.313 e. The van der Waals surface area contributed by atoms with Crippen molar-refractivity contribution >= 4 is 16.7 Å². The molecule has 5 heterocycles. The number of pyridine rings is 1. The lowest BCUT2D eigenvalue weighted by molar-refractivity contribution is 0.738. The Hall–Kier alpha value is -3.32. The monoisotopic (exact) mass is 386 g/mol. The van der Waals surface area contributed by atoms with Crippen molar-refractivity contribution < 1.29 is 0 Å². The standard InChI is InChI=1S/C22H22N6O/c1-13-8-17(16-4-6-23-7-5-16)12-27-21(29)10-18(25-22(13)27)19-9-20-15(3)24-14(2)11-28(20)26-19/h4,8-12,23H,5-7H2,1-3H3. The van der Waals surface area contributed by atoms with Crippen LogP contribution in [0.4, 0.5) is 0 Å². The molecule has 0 bridgehead atoms. The Morgan fingerprint density at radius 3 is 2.69 bits per heavy atom. The summed E-state index contributed by atoms with van der Waals surface area (Å²) < 4.78 is 3.44. The Labute approximate surface area is 167 Å². The molecule has 0 atom stereocenters. The van der Waals surface area contributed by atoms with Gasteiger partial charge in [-0.05, 0) is 62.6 Å². The Balaban J connectivity index is 1.67. The van der Waals surface area contributed by atoms with Gasteiger partial charge in [-0.3, -0.25) is 14.2 Å². The van der Waals surface area contributed by atoms with Gasteiger partial charge in [0.1, 0.15) is 11.3 Å². The fraction of sp³-hybridized carbons (Fsp3) is 0.273. The maximum absolute atomic E-state index is 12.9. The molecule has 4 aromatic heterocycles. The highest BCUT2D eigenvalue weighted by atomic mass is 16.1. The molecule has 1 aliphatic rings. The number of aromatic nitrogens is 5. The Morgan fingerprint density at radius 1 is 1.03 bits per heavy atom. The summed E-state index contributed by atoms with van der Waals surface area (Å²) in [5, 5.41) is 7.94. The van der Waals surface area contributed by atoms with Crippen LogP contribution in [-0.2, 0) is 0 Å². The quantitative estimate of drug-likeness (QED) is 0.573. The van der Waals surface area contributed by atoms with Crippen LogP contribution >= 0.6 is 0 Å². The van der Waals surface area contributed by atoms with Gasteiger partial charge in [-0.15, -0.1) is 0 Å². The van der Waals surface area contributed by atoms with E-state index < -0.39 is 0 Å². The normalized spacial score (nSPS) is 14.5. The lowest BCUT2D eigenvalue weighted by Gasteiger charge is -2.16. The van der Waals surface area contributed by atoms with E-state index in [-0.39, 0.29) is 5.56 Å². The summed E-state index contributed by atoms with van der Waals surface area (Å²) in [5.74, 6) is 0. The summed E-state index contributed by atoms with van der Waals surface area (Å²) in [6.07, 6.45) is 6.93. The molecule has 0 saturated heterocycles. The molecular formula is C22H22N6O. The van der Waals surface area contributed by atoms with E-state index in [1.165, 1.54) is 5.57 Å². The maximum atomic E-state index is 12.9. The number of hydrogen-bond acceptors (Lipinski definition) is 5. The minimum absolute atomic E-state index is 0.104. The molecule has 0 spiro atoms. The van der Waals surface area contributed by atoms with Gasteiger partial charge in [0.15, 0.2) is 0 Å². The molecule has 0 radical (unpaired) electrons. The lowest BCUT2D eigenvalue weighted by atomic mass is 10.0. The van der Waals surface area contributed by atoms with Gasteiger partial charge < -0.3 is 5.32 Å². The van der Waals surface area contributed by atoms with Crippen LogP contribution in [0.5, 0.6) is 0 Å². The van der Waals surface area contributed by atoms with Gasteiger partial charge in [0.25, 0.3) is 5.56 Å². The van der Waals surface area contributed by atoms with E-state index in [2.05, 4.69) is 27.5 Å². The third-order valence-corrected chi connectivity index (χ3v) is 5.40. The predicted molar refractivity (Wildman–Crippen MR) is 113 cm³/mol. The molecular weight excluding hydrogens is 364 g/mol. The van der Waals surface area contributed by atoms with E-state index in [1.807, 2.05) is 39.2 Å². The molecule has 7 heteroatoms. The highest BCUT2D eigenvalue weighted by Gasteiger charge is 2.14. The van der Waals surface area contributed by atoms with E-state index in [4.69, 9.17) is 4.98 Å². The topological polar surface area (TPSA) is 76.6 Å². The van der Waals surface area contributed by atoms with Crippen molar-refractivity contribution in [3.05, 3.63) is 69.5 Å². The van der Waals surface area contributed by atoms with Gasteiger partial charge in [0.2, 0.25) is 0 Å². The van der Waals surface area contributed by atoms with E-state index in [1.54, 1.807) is 15.0 Å². The van der Waals surface area contributed by atoms with E-state index in [0.29, 0.717) is 17.0 Å². The molecule has 1 N–H and O–H groups in total. The summed E-state index contributed by atoms with van der Waals surface area (Å²) in [4.78, 5) is 22.2. The zero-order valence-electron chi connectivity index (χ0n) is 16.7. The van der Waals surface area contributed by atoms with Gasteiger partial charge in [-0.2, -0.15) is 5.10 Å². The molecule has 0 unspecified atom stereocenters. The van der Waals surface area contributed by atoms with E-state index >= 15 is 0 Å². The van der Waals surface area contributed by atoms with Crippen LogP contribution in [-0.4, -0.2) is 37.1 Å². The van der Waals surface area contributed by atoms with Gasteiger partial charge in [0.05, 0.1) is 28.8 Å². The summed E-state index contributed by atoms with van der Waals surface area (Å²) in [7, 11) is 0. The molecule has 29 heavy (non-hydrogen) atoms.